The van der Waals surface area contributed by atoms with E-state index in [9.17, 15) is 9.59 Å². The van der Waals surface area contributed by atoms with E-state index in [0.29, 0.717) is 105 Å². The molecule has 2 amide bonds. The van der Waals surface area contributed by atoms with E-state index in [2.05, 4.69) is 54.9 Å². The monoisotopic (exact) mass is 987 g/mol. The van der Waals surface area contributed by atoms with Gasteiger partial charge in [-0.2, -0.15) is 0 Å². The highest BCUT2D eigenvalue weighted by atomic mass is 33.1. The summed E-state index contributed by atoms with van der Waals surface area (Å²) in [7, 11) is 8.32. The Morgan fingerprint density at radius 1 is 0.814 bits per heavy atom. The van der Waals surface area contributed by atoms with E-state index in [1.165, 1.54) is 0 Å². The Hall–Kier alpha value is -6.04. The minimum absolute atomic E-state index is 0.131. The number of hydrogen-bond acceptors (Lipinski definition) is 14. The highest BCUT2D eigenvalue weighted by Crippen LogP contribution is 2.43. The van der Waals surface area contributed by atoms with Gasteiger partial charge in [0.1, 0.15) is 13.2 Å². The lowest BCUT2D eigenvalue weighted by Crippen LogP contribution is -2.38. The maximum absolute atomic E-state index is 14.1. The summed E-state index contributed by atoms with van der Waals surface area (Å²) < 4.78 is 41.6. The fourth-order valence-corrected chi connectivity index (χ4v) is 11.2. The van der Waals surface area contributed by atoms with Crippen molar-refractivity contribution >= 4 is 74.8 Å². The Morgan fingerprint density at radius 3 is 2.17 bits per heavy atom. The second kappa shape index (κ2) is 23.3. The summed E-state index contributed by atoms with van der Waals surface area (Å²) in [5.41, 5.74) is 8.41. The largest absolute Gasteiger partial charge is 0.493 e. The topological polar surface area (TPSA) is 133 Å². The molecule has 368 valence electrons. The predicted molar refractivity (Wildman–Crippen MR) is 282 cm³/mol. The summed E-state index contributed by atoms with van der Waals surface area (Å²) in [4.78, 5) is 43.2. The van der Waals surface area contributed by atoms with E-state index < -0.39 is 0 Å². The van der Waals surface area contributed by atoms with Crippen LogP contribution in [0.25, 0.3) is 0 Å². The van der Waals surface area contributed by atoms with Crippen molar-refractivity contribution in [3.63, 3.8) is 0 Å². The Labute approximate surface area is 418 Å². The first-order valence-corrected chi connectivity index (χ1v) is 25.9. The third-order valence-electron chi connectivity index (χ3n) is 12.3. The molecule has 0 radical (unpaired) electrons. The maximum atomic E-state index is 14.1. The molecule has 0 aromatic heterocycles. The van der Waals surface area contributed by atoms with Crippen LogP contribution in [0.3, 0.4) is 0 Å². The number of carbonyl (C=O) groups is 2. The third kappa shape index (κ3) is 11.6. The molecule has 0 saturated carbocycles. The summed E-state index contributed by atoms with van der Waals surface area (Å²) >= 11 is 0. The van der Waals surface area contributed by atoms with Crippen LogP contribution in [-0.4, -0.2) is 116 Å². The van der Waals surface area contributed by atoms with Crippen LogP contribution < -0.4 is 33.6 Å². The summed E-state index contributed by atoms with van der Waals surface area (Å²) in [6.45, 7) is 12.9. The molecule has 0 spiro atoms. The van der Waals surface area contributed by atoms with Crippen LogP contribution in [0.1, 0.15) is 56.8 Å². The average Bonchev–Trinajstić information content (AvgIpc) is 3.95. The van der Waals surface area contributed by atoms with Crippen LogP contribution in [0.15, 0.2) is 101 Å². The molecule has 0 fully saturated rings. The lowest BCUT2D eigenvalue weighted by molar-refractivity contribution is 0.0264. The summed E-state index contributed by atoms with van der Waals surface area (Å²) in [6, 6.07) is 28.9. The van der Waals surface area contributed by atoms with E-state index >= 15 is 0 Å². The van der Waals surface area contributed by atoms with Crippen molar-refractivity contribution in [1.82, 2.24) is 0 Å². The van der Waals surface area contributed by atoms with E-state index in [4.69, 9.17) is 38.2 Å². The normalized spacial score (nSPS) is 14.7. The first kappa shape index (κ1) is 50.4. The zero-order valence-electron chi connectivity index (χ0n) is 40.7. The zero-order chi connectivity index (χ0) is 49.2. The molecule has 0 unspecified atom stereocenters. The fraction of sp³-hybridized carbons (Fsp3) is 0.370. The van der Waals surface area contributed by atoms with Crippen molar-refractivity contribution in [2.75, 3.05) is 95.0 Å². The fourth-order valence-electron chi connectivity index (χ4n) is 9.07. The minimum atomic E-state index is -0.189. The van der Waals surface area contributed by atoms with Gasteiger partial charge >= 0.3 is 0 Å². The number of hydrogen-bond donors (Lipinski definition) is 0. The summed E-state index contributed by atoms with van der Waals surface area (Å²) in [6.07, 6.45) is 5.41. The van der Waals surface area contributed by atoms with Gasteiger partial charge in [-0.25, -0.2) is 0 Å². The number of amides is 2. The number of fused-ring (bicyclic) bond motifs is 5. The SMILES string of the molecule is C=Nc1cc(OCc2cc(COc3cc4c(cc3OC)C(=O)N3c5ccccc5C[C@H]3C=N4)cc(N(CCOCCOCCOC)CC(C)(C)SSC)c2)c(OC)cc1C(=O)N1CCc2ccccc21. The third-order valence-corrected chi connectivity index (χ3v) is 14.9. The van der Waals surface area contributed by atoms with Gasteiger partial charge in [0.25, 0.3) is 11.8 Å². The number of nitrogens with zero attached hydrogens (tertiary/aromatic N) is 5. The van der Waals surface area contributed by atoms with E-state index in [1.807, 2.05) is 70.4 Å². The van der Waals surface area contributed by atoms with E-state index in [-0.39, 0.29) is 35.8 Å². The Morgan fingerprint density at radius 2 is 1.47 bits per heavy atom. The van der Waals surface area contributed by atoms with Gasteiger partial charge in [0, 0.05) is 73.3 Å². The molecule has 5 aromatic rings. The van der Waals surface area contributed by atoms with Gasteiger partial charge < -0.3 is 43.0 Å². The molecule has 0 aliphatic carbocycles. The van der Waals surface area contributed by atoms with Gasteiger partial charge in [-0.15, -0.1) is 0 Å². The number of ether oxygens (including phenoxy) is 7. The first-order valence-electron chi connectivity index (χ1n) is 23.3. The van der Waals surface area contributed by atoms with Crippen molar-refractivity contribution in [3.8, 4) is 23.0 Å². The molecular formula is C54H61N5O9S2. The second-order valence-electron chi connectivity index (χ2n) is 17.6. The standard InChI is InChI=1S/C54H61N5O9S2/c1-54(2,70-69-7)35-57(18-19-65-22-23-66-21-20-62-4)40-25-36(33-67-50-30-44(55-3)42(28-48(50)63-5)52(60)58-17-16-38-12-8-10-14-46(38)58)24-37(26-40)34-68-51-31-45-43(29-49(51)64-6)53(61)59-41(32-56-45)27-39-13-9-11-15-47(39)59/h8-15,24-26,28-32,41H,3,16-23,27,33-35H2,1-2,4-7H3/t41-/m0/s1. The molecular weight excluding hydrogens is 927 g/mol. The number of aliphatic imine (C=N–C) groups is 2. The van der Waals surface area contributed by atoms with Crippen molar-refractivity contribution < 1.29 is 42.7 Å². The molecule has 8 rings (SSSR count). The summed E-state index contributed by atoms with van der Waals surface area (Å²) in [5.74, 6) is 1.36. The highest BCUT2D eigenvalue weighted by Gasteiger charge is 2.37. The van der Waals surface area contributed by atoms with E-state index in [0.717, 1.165) is 45.7 Å². The number of benzene rings is 5. The lowest BCUT2D eigenvalue weighted by atomic mass is 10.1. The Bertz CT molecular complexity index is 2720. The molecule has 3 aliphatic rings. The van der Waals surface area contributed by atoms with Gasteiger partial charge in [-0.05, 0) is 98.0 Å². The second-order valence-corrected chi connectivity index (χ2v) is 20.7. The molecule has 5 aromatic carbocycles. The number of methoxy groups -OCH3 is 3. The molecule has 70 heavy (non-hydrogen) atoms. The number of rotatable bonds is 24. The van der Waals surface area contributed by atoms with Crippen molar-refractivity contribution in [3.05, 3.63) is 124 Å². The molecule has 14 nitrogen and oxygen atoms in total. The number of anilines is 3. The number of carbonyl (C=O) groups excluding carboxylic acids is 2. The van der Waals surface area contributed by atoms with Crippen LogP contribution in [-0.2, 0) is 40.3 Å². The minimum Gasteiger partial charge on any atom is -0.493 e. The zero-order valence-corrected chi connectivity index (χ0v) is 42.4. The molecule has 0 N–H and O–H groups in total. The molecule has 16 heteroatoms. The Balaban J connectivity index is 1.08. The van der Waals surface area contributed by atoms with Gasteiger partial charge in [-0.1, -0.05) is 58.0 Å². The average molecular weight is 988 g/mol. The van der Waals surface area contributed by atoms with Gasteiger partial charge in [0.15, 0.2) is 23.0 Å². The highest BCUT2D eigenvalue weighted by molar-refractivity contribution is 8.77. The van der Waals surface area contributed by atoms with Gasteiger partial charge in [0.05, 0.1) is 75.8 Å². The van der Waals surface area contributed by atoms with Gasteiger partial charge in [0.2, 0.25) is 0 Å². The maximum Gasteiger partial charge on any atom is 0.261 e. The van der Waals surface area contributed by atoms with Crippen LogP contribution in [0, 0.1) is 0 Å². The van der Waals surface area contributed by atoms with Crippen LogP contribution in [0.2, 0.25) is 0 Å². The molecule has 3 heterocycles. The van der Waals surface area contributed by atoms with Crippen molar-refractivity contribution in [1.29, 1.82) is 0 Å². The smallest absolute Gasteiger partial charge is 0.261 e. The first-order chi connectivity index (χ1) is 34.0. The molecule has 1 atom stereocenters. The lowest BCUT2D eigenvalue weighted by Gasteiger charge is -2.34. The predicted octanol–water partition coefficient (Wildman–Crippen LogP) is 9.96. The van der Waals surface area contributed by atoms with E-state index in [1.54, 1.807) is 61.3 Å². The van der Waals surface area contributed by atoms with Crippen LogP contribution >= 0.6 is 21.6 Å². The van der Waals surface area contributed by atoms with Crippen molar-refractivity contribution in [2.45, 2.75) is 50.7 Å². The van der Waals surface area contributed by atoms with Crippen LogP contribution in [0.4, 0.5) is 28.4 Å². The molecule has 0 bridgehead atoms. The van der Waals surface area contributed by atoms with Crippen molar-refractivity contribution in [2.24, 2.45) is 9.98 Å². The Kier molecular flexibility index (Phi) is 16.7. The van der Waals surface area contributed by atoms with Gasteiger partial charge in [-0.3, -0.25) is 24.5 Å². The quantitative estimate of drug-likeness (QED) is 0.0331. The summed E-state index contributed by atoms with van der Waals surface area (Å²) in [5, 5.41) is 0. The molecule has 3 aliphatic heterocycles. The number of para-hydroxylation sites is 2. The molecule has 0 saturated heterocycles. The van der Waals surface area contributed by atoms with Crippen LogP contribution in [0.5, 0.6) is 23.0 Å².